The molecule has 0 saturated heterocycles. The van der Waals surface area contributed by atoms with Crippen LogP contribution in [0.2, 0.25) is 0 Å². The minimum Gasteiger partial charge on any atom is -0.253 e. The fourth-order valence-electron chi connectivity index (χ4n) is 0.776. The second-order valence-corrected chi connectivity index (χ2v) is 1.88. The third kappa shape index (κ3) is 0.719. The molecule has 0 atom stereocenters. The summed E-state index contributed by atoms with van der Waals surface area (Å²) >= 11 is 0. The summed E-state index contributed by atoms with van der Waals surface area (Å²) in [5, 5.41) is 0. The van der Waals surface area contributed by atoms with E-state index in [-0.39, 0.29) is 6.30 Å². The number of hydrogen-bond donors (Lipinski definition) is 0. The topological polar surface area (TPSA) is 38.7 Å². The van der Waals surface area contributed by atoms with E-state index >= 15 is 0 Å². The van der Waals surface area contributed by atoms with Gasteiger partial charge in [0.1, 0.15) is 13.2 Å². The van der Waals surface area contributed by atoms with E-state index in [1.54, 1.807) is 18.5 Å². The zero-order valence-electron chi connectivity index (χ0n) is 6.15. The molecule has 0 amide bonds. The number of rotatable bonds is 0. The predicted octanol–water partition coefficient (Wildman–Crippen LogP) is 1.02. The highest BCUT2D eigenvalue weighted by molar-refractivity contribution is 5.71. The first-order valence-electron chi connectivity index (χ1n) is 3.40. The molecule has 0 aliphatic rings. The third-order valence-corrected chi connectivity index (χ3v) is 1.23. The number of pyridine rings is 1. The molecule has 0 saturated carbocycles. The minimum atomic E-state index is 0.0329. The summed E-state index contributed by atoms with van der Waals surface area (Å²) in [7, 11) is 0. The van der Waals surface area contributed by atoms with Crippen LogP contribution in [0.3, 0.4) is 0 Å². The zero-order valence-corrected chi connectivity index (χ0v) is 5.15. The Morgan fingerprint density at radius 3 is 3.30 bits per heavy atom. The molecule has 0 aromatic carbocycles. The number of fused-ring (bicyclic) bond motifs is 1. The molecule has 3 heteroatoms. The molecular weight excluding hydrogens is 126 g/mol. The number of nitrogens with zero attached hydrogens (tertiary/aromatic N) is 3. The molecular formula is C7H5N3. The molecule has 0 unspecified atom stereocenters. The van der Waals surface area contributed by atoms with Gasteiger partial charge in [-0.25, -0.2) is 9.97 Å². The molecule has 0 spiro atoms. The van der Waals surface area contributed by atoms with Crippen LogP contribution >= 0.6 is 0 Å². The van der Waals surface area contributed by atoms with Gasteiger partial charge in [0.25, 0.3) is 0 Å². The molecule has 0 aliphatic carbocycles. The van der Waals surface area contributed by atoms with Crippen LogP contribution in [-0.4, -0.2) is 15.0 Å². The second kappa shape index (κ2) is 2.02. The van der Waals surface area contributed by atoms with Gasteiger partial charge in [0, 0.05) is 6.20 Å². The fraction of sp³-hybridized carbons (Fsp3) is 0. The van der Waals surface area contributed by atoms with E-state index in [0.717, 1.165) is 5.52 Å². The Labute approximate surface area is 59.2 Å². The van der Waals surface area contributed by atoms with E-state index < -0.39 is 0 Å². The third-order valence-electron chi connectivity index (χ3n) is 1.23. The van der Waals surface area contributed by atoms with Crippen molar-refractivity contribution in [2.75, 3.05) is 0 Å². The van der Waals surface area contributed by atoms with Crippen molar-refractivity contribution in [1.29, 1.82) is 0 Å². The second-order valence-electron chi connectivity index (χ2n) is 1.88. The maximum absolute atomic E-state index is 7.13. The van der Waals surface area contributed by atoms with Gasteiger partial charge in [0.05, 0.1) is 11.7 Å². The Kier molecular flexibility index (Phi) is 0.875. The van der Waals surface area contributed by atoms with Gasteiger partial charge in [-0.15, -0.1) is 0 Å². The van der Waals surface area contributed by atoms with Gasteiger partial charge >= 0.3 is 0 Å². The van der Waals surface area contributed by atoms with Gasteiger partial charge in [0.15, 0.2) is 0 Å². The number of hydrogen-bond acceptors (Lipinski definition) is 3. The van der Waals surface area contributed by atoms with Crippen LogP contribution in [0, 0.1) is 0 Å². The average molecular weight is 132 g/mol. The summed E-state index contributed by atoms with van der Waals surface area (Å²) in [5.41, 5.74) is 1.44. The Bertz CT molecular complexity index is 388. The van der Waals surface area contributed by atoms with E-state index in [2.05, 4.69) is 15.0 Å². The van der Waals surface area contributed by atoms with E-state index in [1.165, 1.54) is 0 Å². The van der Waals surface area contributed by atoms with Crippen molar-refractivity contribution in [3.8, 4) is 0 Å². The highest BCUT2D eigenvalue weighted by Gasteiger charge is 1.89. The van der Waals surface area contributed by atoms with Crippen molar-refractivity contribution in [2.45, 2.75) is 0 Å². The minimum absolute atomic E-state index is 0.0329. The molecule has 0 bridgehead atoms. The lowest BCUT2D eigenvalue weighted by Gasteiger charge is -1.89. The van der Waals surface area contributed by atoms with Crippen LogP contribution in [0.5, 0.6) is 0 Å². The van der Waals surface area contributed by atoms with Gasteiger partial charge in [-0.05, 0) is 12.1 Å². The molecule has 10 heavy (non-hydrogen) atoms. The predicted molar refractivity (Wildman–Crippen MR) is 37.3 cm³/mol. The Balaban J connectivity index is 2.83. The number of aromatic nitrogens is 3. The van der Waals surface area contributed by atoms with Crippen LogP contribution in [-0.2, 0) is 0 Å². The van der Waals surface area contributed by atoms with Crippen molar-refractivity contribution >= 4 is 11.0 Å². The van der Waals surface area contributed by atoms with Crippen molar-refractivity contribution in [3.05, 3.63) is 30.8 Å². The summed E-state index contributed by atoms with van der Waals surface area (Å²) < 4.78 is 7.13. The standard InChI is InChI=1S/C7H5N3/c1-2-6-7(9-3-1)4-8-5-10-6/h1-5H/i5D. The zero-order chi connectivity index (χ0) is 7.68. The molecule has 48 valence electrons. The highest BCUT2D eigenvalue weighted by atomic mass is 14.8. The highest BCUT2D eigenvalue weighted by Crippen LogP contribution is 2.02. The van der Waals surface area contributed by atoms with Gasteiger partial charge in [-0.2, -0.15) is 0 Å². The smallest absolute Gasteiger partial charge is 0.116 e. The molecule has 0 radical (unpaired) electrons. The molecule has 3 nitrogen and oxygen atoms in total. The normalized spacial score (nSPS) is 11.4. The van der Waals surface area contributed by atoms with E-state index in [1.807, 2.05) is 6.07 Å². The van der Waals surface area contributed by atoms with Crippen LogP contribution in [0.25, 0.3) is 11.0 Å². The Morgan fingerprint density at radius 2 is 2.30 bits per heavy atom. The van der Waals surface area contributed by atoms with E-state index in [0.29, 0.717) is 5.52 Å². The first-order valence-corrected chi connectivity index (χ1v) is 2.90. The molecule has 0 aliphatic heterocycles. The fourth-order valence-corrected chi connectivity index (χ4v) is 0.776. The van der Waals surface area contributed by atoms with E-state index in [9.17, 15) is 0 Å². The lowest BCUT2D eigenvalue weighted by atomic mass is 10.4. The molecule has 0 fully saturated rings. The lowest BCUT2D eigenvalue weighted by Crippen LogP contribution is -1.81. The SMILES string of the molecule is [2H]c1ncc2ncccc2n1. The maximum atomic E-state index is 7.13. The van der Waals surface area contributed by atoms with Crippen molar-refractivity contribution in [2.24, 2.45) is 0 Å². The largest absolute Gasteiger partial charge is 0.253 e. The summed E-state index contributed by atoms with van der Waals surface area (Å²) in [6, 6.07) is 3.59. The quantitative estimate of drug-likeness (QED) is 0.537. The van der Waals surface area contributed by atoms with Gasteiger partial charge in [-0.3, -0.25) is 4.98 Å². The maximum Gasteiger partial charge on any atom is 0.116 e. The molecule has 2 rings (SSSR count). The van der Waals surface area contributed by atoms with Crippen molar-refractivity contribution in [1.82, 2.24) is 15.0 Å². The van der Waals surface area contributed by atoms with Crippen LogP contribution in [0.1, 0.15) is 1.37 Å². The van der Waals surface area contributed by atoms with Crippen LogP contribution in [0.15, 0.2) is 30.8 Å². The average Bonchev–Trinajstić information content (AvgIpc) is 2.04. The Morgan fingerprint density at radius 1 is 1.30 bits per heavy atom. The Hall–Kier alpha value is -1.51. The molecule has 2 heterocycles. The summed E-state index contributed by atoms with van der Waals surface area (Å²) in [6.45, 7) is 0. The monoisotopic (exact) mass is 132 g/mol. The first-order chi connectivity index (χ1) is 5.36. The van der Waals surface area contributed by atoms with Crippen LogP contribution in [0.4, 0.5) is 0 Å². The molecule has 2 aromatic heterocycles. The summed E-state index contributed by atoms with van der Waals surface area (Å²) in [4.78, 5) is 11.6. The summed E-state index contributed by atoms with van der Waals surface area (Å²) in [5.74, 6) is 0. The van der Waals surface area contributed by atoms with Crippen molar-refractivity contribution in [3.63, 3.8) is 0 Å². The molecule has 2 aromatic rings. The van der Waals surface area contributed by atoms with Crippen molar-refractivity contribution < 1.29 is 1.37 Å². The van der Waals surface area contributed by atoms with E-state index in [4.69, 9.17) is 1.37 Å². The lowest BCUT2D eigenvalue weighted by molar-refractivity contribution is 1.20. The van der Waals surface area contributed by atoms with Gasteiger partial charge in [0.2, 0.25) is 0 Å². The first kappa shape index (κ1) is 4.33. The van der Waals surface area contributed by atoms with Gasteiger partial charge in [-0.1, -0.05) is 0 Å². The summed E-state index contributed by atoms with van der Waals surface area (Å²) in [6.07, 6.45) is 3.26. The van der Waals surface area contributed by atoms with Crippen LogP contribution < -0.4 is 0 Å². The molecule has 0 N–H and O–H groups in total. The van der Waals surface area contributed by atoms with Gasteiger partial charge < -0.3 is 0 Å².